The molecule has 2 N–H and O–H groups in total. The molecule has 1 aliphatic carbocycles. The molecule has 234 valence electrons. The van der Waals surface area contributed by atoms with Crippen molar-refractivity contribution in [3.63, 3.8) is 0 Å². The Labute approximate surface area is 269 Å². The molecule has 4 atom stereocenters. The van der Waals surface area contributed by atoms with Gasteiger partial charge in [-0.05, 0) is 36.8 Å². The summed E-state index contributed by atoms with van der Waals surface area (Å²) < 4.78 is 13.6. The summed E-state index contributed by atoms with van der Waals surface area (Å²) in [6.07, 6.45) is 3.49. The van der Waals surface area contributed by atoms with E-state index in [1.807, 2.05) is 36.4 Å². The smallest absolute Gasteiger partial charge is 0.338 e. The highest BCUT2D eigenvalue weighted by Crippen LogP contribution is 2.35. The lowest BCUT2D eigenvalue weighted by Gasteiger charge is -2.27. The van der Waals surface area contributed by atoms with Gasteiger partial charge >= 0.3 is 11.9 Å². The molecule has 0 saturated heterocycles. The fourth-order valence-electron chi connectivity index (χ4n) is 5.81. The minimum absolute atomic E-state index is 0.279. The van der Waals surface area contributed by atoms with Crippen LogP contribution in [0.5, 0.6) is 0 Å². The van der Waals surface area contributed by atoms with Crippen molar-refractivity contribution < 1.29 is 24.2 Å². The molecule has 7 rings (SSSR count). The number of benzene rings is 3. The summed E-state index contributed by atoms with van der Waals surface area (Å²) in [7, 11) is 0. The molecule has 0 unspecified atom stereocenters. The number of carbonyl (C=O) groups excluding carboxylic acids is 2. The van der Waals surface area contributed by atoms with Crippen LogP contribution in [0.25, 0.3) is 28.3 Å². The van der Waals surface area contributed by atoms with E-state index in [2.05, 4.69) is 15.3 Å². The minimum atomic E-state index is -0.931. The Morgan fingerprint density at radius 2 is 1.40 bits per heavy atom. The van der Waals surface area contributed by atoms with E-state index in [1.165, 1.54) is 0 Å². The van der Waals surface area contributed by atoms with Crippen LogP contribution in [0.4, 0.5) is 5.82 Å². The molecule has 0 amide bonds. The Balaban J connectivity index is 1.20. The van der Waals surface area contributed by atoms with Crippen LogP contribution in [-0.4, -0.2) is 66.5 Å². The van der Waals surface area contributed by atoms with Gasteiger partial charge in [0.25, 0.3) is 0 Å². The number of anilines is 1. The Bertz CT molecular complexity index is 2000. The van der Waals surface area contributed by atoms with Crippen LogP contribution in [0.1, 0.15) is 27.1 Å². The van der Waals surface area contributed by atoms with Crippen LogP contribution in [0.3, 0.4) is 0 Å². The van der Waals surface area contributed by atoms with Crippen LogP contribution in [0.15, 0.2) is 122 Å². The van der Waals surface area contributed by atoms with Gasteiger partial charge in [-0.2, -0.15) is 9.61 Å². The highest BCUT2D eigenvalue weighted by molar-refractivity contribution is 5.90. The lowest BCUT2D eigenvalue weighted by Crippen LogP contribution is -2.42. The highest BCUT2D eigenvalue weighted by atomic mass is 16.6. The summed E-state index contributed by atoms with van der Waals surface area (Å²) in [5.41, 5.74) is 4.06. The zero-order chi connectivity index (χ0) is 32.2. The lowest BCUT2D eigenvalue weighted by atomic mass is 10.1. The quantitative estimate of drug-likeness (QED) is 0.208. The number of esters is 2. The topological polar surface area (TPSA) is 141 Å². The van der Waals surface area contributed by atoms with Crippen molar-refractivity contribution in [2.24, 2.45) is 5.92 Å². The van der Waals surface area contributed by atoms with E-state index >= 15 is 0 Å². The number of nitrogens with one attached hydrogen (secondary N) is 1. The second-order valence-electron chi connectivity index (χ2n) is 11.2. The van der Waals surface area contributed by atoms with E-state index in [-0.39, 0.29) is 6.61 Å². The van der Waals surface area contributed by atoms with Crippen LogP contribution in [0, 0.1) is 5.92 Å². The molecule has 11 nitrogen and oxygen atoms in total. The summed E-state index contributed by atoms with van der Waals surface area (Å²) in [5.74, 6) is -1.08. The van der Waals surface area contributed by atoms with Gasteiger partial charge < -0.3 is 19.9 Å². The van der Waals surface area contributed by atoms with Crippen molar-refractivity contribution >= 4 is 23.4 Å². The standard InChI is InChI=1S/C36H30N6O5/c43-22-26-18-28(34(47-36(45)25-14-8-3-9-15-25)33(26)46-35(44)24-12-6-2-7-13-24)40-31-16-17-38-32-19-27(41-42(31)32)30-21-37-20-29(39-30)23-10-4-1-5-11-23/h1-17,19-21,26,28,33-34,40,43H,18,22H2/t26-,28-,33-,34+/m1/s1. The van der Waals surface area contributed by atoms with Gasteiger partial charge in [-0.1, -0.05) is 66.7 Å². The molecule has 47 heavy (non-hydrogen) atoms. The number of aliphatic hydroxyl groups is 1. The van der Waals surface area contributed by atoms with Gasteiger partial charge in [-0.15, -0.1) is 0 Å². The van der Waals surface area contributed by atoms with E-state index in [9.17, 15) is 14.7 Å². The van der Waals surface area contributed by atoms with Gasteiger partial charge in [0.05, 0.1) is 35.3 Å². The minimum Gasteiger partial charge on any atom is -0.454 e. The third-order valence-corrected chi connectivity index (χ3v) is 8.14. The van der Waals surface area contributed by atoms with Crippen molar-refractivity contribution in [3.05, 3.63) is 133 Å². The van der Waals surface area contributed by atoms with E-state index < -0.39 is 36.1 Å². The zero-order valence-corrected chi connectivity index (χ0v) is 25.1. The molecule has 6 aromatic rings. The summed E-state index contributed by atoms with van der Waals surface area (Å²) in [6, 6.07) is 30.0. The van der Waals surface area contributed by atoms with Crippen molar-refractivity contribution in [2.75, 3.05) is 11.9 Å². The molecular weight excluding hydrogens is 596 g/mol. The molecule has 1 saturated carbocycles. The van der Waals surface area contributed by atoms with Gasteiger partial charge in [-0.3, -0.25) is 4.98 Å². The Hall–Kier alpha value is -5.94. The Kier molecular flexibility index (Phi) is 8.35. The molecule has 3 heterocycles. The molecule has 0 radical (unpaired) electrons. The molecule has 3 aromatic carbocycles. The highest BCUT2D eigenvalue weighted by Gasteiger charge is 2.48. The maximum absolute atomic E-state index is 13.3. The number of rotatable bonds is 9. The van der Waals surface area contributed by atoms with E-state index in [0.29, 0.717) is 46.1 Å². The molecule has 11 heteroatoms. The van der Waals surface area contributed by atoms with Crippen molar-refractivity contribution in [3.8, 4) is 22.6 Å². The monoisotopic (exact) mass is 626 g/mol. The first kappa shape index (κ1) is 29.8. The predicted octanol–water partition coefficient (Wildman–Crippen LogP) is 5.10. The van der Waals surface area contributed by atoms with Gasteiger partial charge in [-0.25, -0.2) is 19.6 Å². The second kappa shape index (κ2) is 13.2. The number of ether oxygens (including phenoxy) is 2. The van der Waals surface area contributed by atoms with E-state index in [0.717, 1.165) is 5.56 Å². The fraction of sp³-hybridized carbons (Fsp3) is 0.167. The summed E-state index contributed by atoms with van der Waals surface area (Å²) in [5, 5.41) is 18.6. The Morgan fingerprint density at radius 1 is 0.787 bits per heavy atom. The van der Waals surface area contributed by atoms with Crippen LogP contribution < -0.4 is 5.32 Å². The molecule has 3 aromatic heterocycles. The normalized spacial score (nSPS) is 18.9. The first-order valence-corrected chi connectivity index (χ1v) is 15.2. The van der Waals surface area contributed by atoms with Crippen molar-refractivity contribution in [1.82, 2.24) is 24.6 Å². The first-order chi connectivity index (χ1) is 23.1. The summed E-state index contributed by atoms with van der Waals surface area (Å²) in [4.78, 5) is 40.1. The molecule has 0 aliphatic heterocycles. The lowest BCUT2D eigenvalue weighted by molar-refractivity contribution is -0.0424. The first-order valence-electron chi connectivity index (χ1n) is 15.2. The van der Waals surface area contributed by atoms with Crippen LogP contribution in [0.2, 0.25) is 0 Å². The fourth-order valence-corrected chi connectivity index (χ4v) is 5.81. The average molecular weight is 627 g/mol. The zero-order valence-electron chi connectivity index (χ0n) is 25.1. The summed E-state index contributed by atoms with van der Waals surface area (Å²) in [6.45, 7) is -0.279. The van der Waals surface area contributed by atoms with E-state index in [1.54, 1.807) is 89.8 Å². The third kappa shape index (κ3) is 6.29. The number of hydrogen-bond acceptors (Lipinski definition) is 10. The van der Waals surface area contributed by atoms with Gasteiger partial charge in [0.15, 0.2) is 11.8 Å². The molecule has 0 bridgehead atoms. The number of nitrogens with zero attached hydrogens (tertiary/aromatic N) is 5. The van der Waals surface area contributed by atoms with Gasteiger partial charge in [0.2, 0.25) is 0 Å². The number of aromatic nitrogens is 5. The van der Waals surface area contributed by atoms with Crippen molar-refractivity contribution in [2.45, 2.75) is 24.7 Å². The number of fused-ring (bicyclic) bond motifs is 1. The molecule has 0 spiro atoms. The van der Waals surface area contributed by atoms with E-state index in [4.69, 9.17) is 19.6 Å². The summed E-state index contributed by atoms with van der Waals surface area (Å²) >= 11 is 0. The molecular formula is C36H30N6O5. The van der Waals surface area contributed by atoms with Gasteiger partial charge in [0.1, 0.15) is 23.3 Å². The largest absolute Gasteiger partial charge is 0.454 e. The SMILES string of the molecule is O=C(O[C@@H]1[C@@H](CO)C[C@@H](Nc2ccnc3cc(-c4cncc(-c5ccccc5)n4)nn23)[C@@H]1OC(=O)c1ccccc1)c1ccccc1. The van der Waals surface area contributed by atoms with Crippen LogP contribution in [-0.2, 0) is 9.47 Å². The van der Waals surface area contributed by atoms with Crippen molar-refractivity contribution in [1.29, 1.82) is 0 Å². The number of hydrogen-bond donors (Lipinski definition) is 2. The van der Waals surface area contributed by atoms with Crippen LogP contribution >= 0.6 is 0 Å². The number of carbonyl (C=O) groups is 2. The second-order valence-corrected chi connectivity index (χ2v) is 11.2. The molecule has 1 fully saturated rings. The number of aliphatic hydroxyl groups excluding tert-OH is 1. The third-order valence-electron chi connectivity index (χ3n) is 8.14. The molecule has 1 aliphatic rings. The Morgan fingerprint density at radius 3 is 2.06 bits per heavy atom. The average Bonchev–Trinajstić information content (AvgIpc) is 3.71. The maximum Gasteiger partial charge on any atom is 0.338 e. The predicted molar refractivity (Wildman–Crippen MR) is 173 cm³/mol. The van der Waals surface area contributed by atoms with Gasteiger partial charge in [0, 0.05) is 30.4 Å². The maximum atomic E-state index is 13.3.